The number of halogens is 1. The van der Waals surface area contributed by atoms with Crippen molar-refractivity contribution in [2.45, 2.75) is 31.8 Å². The molecule has 2 N–H and O–H groups in total. The topological polar surface area (TPSA) is 32.3 Å². The molecule has 2 aromatic carbocycles. The van der Waals surface area contributed by atoms with Crippen molar-refractivity contribution in [3.05, 3.63) is 65.0 Å². The summed E-state index contributed by atoms with van der Waals surface area (Å²) >= 11 is 0. The van der Waals surface area contributed by atoms with E-state index in [0.717, 1.165) is 24.0 Å². The molecule has 20 heavy (non-hydrogen) atoms. The van der Waals surface area contributed by atoms with E-state index in [1.54, 1.807) is 6.07 Å². The van der Waals surface area contributed by atoms with Crippen LogP contribution in [-0.2, 0) is 6.42 Å². The molecule has 104 valence electrons. The van der Waals surface area contributed by atoms with Gasteiger partial charge >= 0.3 is 0 Å². The molecule has 0 saturated carbocycles. The van der Waals surface area contributed by atoms with Crippen molar-refractivity contribution in [3.8, 4) is 5.75 Å². The molecule has 2 atom stereocenters. The minimum Gasteiger partial charge on any atom is -0.508 e. The molecular weight excluding hydrogens is 253 g/mol. The Morgan fingerprint density at radius 2 is 1.95 bits per heavy atom. The Hall–Kier alpha value is -1.87. The predicted octanol–water partition coefficient (Wildman–Crippen LogP) is 3.87. The molecule has 0 heterocycles. The number of phenols is 1. The van der Waals surface area contributed by atoms with Crippen LogP contribution in [0.2, 0.25) is 0 Å². The molecule has 0 spiro atoms. The first-order valence-electron chi connectivity index (χ1n) is 6.97. The van der Waals surface area contributed by atoms with Gasteiger partial charge in [-0.05, 0) is 54.7 Å². The maximum atomic E-state index is 12.9. The van der Waals surface area contributed by atoms with Crippen LogP contribution < -0.4 is 5.32 Å². The first-order chi connectivity index (χ1) is 9.65. The SMILES string of the molecule is C[C@@H](NC1CCc2c(O)cccc21)c1ccc(F)cc1. The molecule has 0 amide bonds. The molecule has 1 aliphatic carbocycles. The lowest BCUT2D eigenvalue weighted by molar-refractivity contribution is 0.464. The van der Waals surface area contributed by atoms with Gasteiger partial charge in [-0.15, -0.1) is 0 Å². The lowest BCUT2D eigenvalue weighted by Crippen LogP contribution is -2.23. The first kappa shape index (κ1) is 13.1. The summed E-state index contributed by atoms with van der Waals surface area (Å²) in [6.07, 6.45) is 1.88. The molecule has 1 aliphatic rings. The number of rotatable bonds is 3. The lowest BCUT2D eigenvalue weighted by atomic mass is 10.0. The summed E-state index contributed by atoms with van der Waals surface area (Å²) in [4.78, 5) is 0. The van der Waals surface area contributed by atoms with Crippen molar-refractivity contribution in [3.63, 3.8) is 0 Å². The quantitative estimate of drug-likeness (QED) is 0.888. The van der Waals surface area contributed by atoms with Gasteiger partial charge in [0.25, 0.3) is 0 Å². The molecular formula is C17H18FNO. The zero-order valence-corrected chi connectivity index (χ0v) is 11.4. The summed E-state index contributed by atoms with van der Waals surface area (Å²) in [5.74, 6) is 0.179. The number of benzene rings is 2. The van der Waals surface area contributed by atoms with E-state index in [2.05, 4.69) is 18.3 Å². The molecule has 0 aromatic heterocycles. The second-order valence-electron chi connectivity index (χ2n) is 5.38. The number of nitrogens with one attached hydrogen (secondary N) is 1. The van der Waals surface area contributed by atoms with Gasteiger partial charge in [0, 0.05) is 12.1 Å². The molecule has 0 fully saturated rings. The normalized spacial score (nSPS) is 18.8. The van der Waals surface area contributed by atoms with Crippen LogP contribution in [0.5, 0.6) is 5.75 Å². The van der Waals surface area contributed by atoms with Gasteiger partial charge < -0.3 is 10.4 Å². The molecule has 3 rings (SSSR count). The summed E-state index contributed by atoms with van der Waals surface area (Å²) < 4.78 is 12.9. The van der Waals surface area contributed by atoms with Crippen molar-refractivity contribution < 1.29 is 9.50 Å². The van der Waals surface area contributed by atoms with E-state index >= 15 is 0 Å². The zero-order chi connectivity index (χ0) is 14.1. The number of hydrogen-bond acceptors (Lipinski definition) is 2. The maximum absolute atomic E-state index is 12.9. The second-order valence-corrected chi connectivity index (χ2v) is 5.38. The molecule has 1 unspecified atom stereocenters. The summed E-state index contributed by atoms with van der Waals surface area (Å²) in [5.41, 5.74) is 3.30. The van der Waals surface area contributed by atoms with Crippen LogP contribution in [0.4, 0.5) is 4.39 Å². The van der Waals surface area contributed by atoms with E-state index in [1.807, 2.05) is 18.2 Å². The standard InChI is InChI=1S/C17H18FNO/c1-11(12-5-7-13(18)8-6-12)19-16-10-9-15-14(16)3-2-4-17(15)20/h2-8,11,16,19-20H,9-10H2,1H3/t11-,16?/m1/s1. The summed E-state index contributed by atoms with van der Waals surface area (Å²) in [6.45, 7) is 2.08. The van der Waals surface area contributed by atoms with E-state index < -0.39 is 0 Å². The third-order valence-corrected chi connectivity index (χ3v) is 4.07. The van der Waals surface area contributed by atoms with Crippen LogP contribution in [0.1, 0.15) is 42.1 Å². The van der Waals surface area contributed by atoms with Crippen LogP contribution in [0.15, 0.2) is 42.5 Å². The van der Waals surface area contributed by atoms with Crippen LogP contribution in [-0.4, -0.2) is 5.11 Å². The molecule has 0 radical (unpaired) electrons. The predicted molar refractivity (Wildman–Crippen MR) is 77.1 cm³/mol. The van der Waals surface area contributed by atoms with Gasteiger partial charge in [-0.3, -0.25) is 0 Å². The van der Waals surface area contributed by atoms with Crippen LogP contribution in [0.25, 0.3) is 0 Å². The Balaban J connectivity index is 1.77. The Kier molecular flexibility index (Phi) is 3.45. The highest BCUT2D eigenvalue weighted by Crippen LogP contribution is 2.37. The molecule has 2 nitrogen and oxygen atoms in total. The second kappa shape index (κ2) is 5.25. The van der Waals surface area contributed by atoms with Crippen LogP contribution in [0, 0.1) is 5.82 Å². The molecule has 2 aromatic rings. The van der Waals surface area contributed by atoms with Gasteiger partial charge in [0.05, 0.1) is 0 Å². The number of hydrogen-bond donors (Lipinski definition) is 2. The number of aromatic hydroxyl groups is 1. The highest BCUT2D eigenvalue weighted by molar-refractivity contribution is 5.44. The van der Waals surface area contributed by atoms with Crippen LogP contribution in [0.3, 0.4) is 0 Å². The van der Waals surface area contributed by atoms with Gasteiger partial charge in [-0.25, -0.2) is 4.39 Å². The average molecular weight is 271 g/mol. The van der Waals surface area contributed by atoms with Crippen molar-refractivity contribution in [1.82, 2.24) is 5.32 Å². The third-order valence-electron chi connectivity index (χ3n) is 4.07. The largest absolute Gasteiger partial charge is 0.508 e. The van der Waals surface area contributed by atoms with Gasteiger partial charge in [-0.2, -0.15) is 0 Å². The van der Waals surface area contributed by atoms with E-state index in [-0.39, 0.29) is 17.9 Å². The molecule has 0 bridgehead atoms. The summed E-state index contributed by atoms with van der Waals surface area (Å²) in [7, 11) is 0. The minimum absolute atomic E-state index is 0.147. The van der Waals surface area contributed by atoms with Crippen LogP contribution >= 0.6 is 0 Å². The fourth-order valence-electron chi connectivity index (χ4n) is 2.96. The lowest BCUT2D eigenvalue weighted by Gasteiger charge is -2.21. The van der Waals surface area contributed by atoms with Crippen molar-refractivity contribution in [1.29, 1.82) is 0 Å². The van der Waals surface area contributed by atoms with Crippen molar-refractivity contribution in [2.75, 3.05) is 0 Å². The smallest absolute Gasteiger partial charge is 0.123 e. The number of phenolic OH excluding ortho intramolecular Hbond substituents is 1. The first-order valence-corrected chi connectivity index (χ1v) is 6.97. The Morgan fingerprint density at radius 3 is 2.70 bits per heavy atom. The number of fused-ring (bicyclic) bond motifs is 1. The molecule has 3 heteroatoms. The zero-order valence-electron chi connectivity index (χ0n) is 11.4. The summed E-state index contributed by atoms with van der Waals surface area (Å²) in [6, 6.07) is 12.7. The highest BCUT2D eigenvalue weighted by Gasteiger charge is 2.25. The Labute approximate surface area is 118 Å². The molecule has 0 aliphatic heterocycles. The highest BCUT2D eigenvalue weighted by atomic mass is 19.1. The third kappa shape index (κ3) is 2.41. The minimum atomic E-state index is -0.211. The average Bonchev–Trinajstić information content (AvgIpc) is 2.84. The van der Waals surface area contributed by atoms with Crippen molar-refractivity contribution in [2.24, 2.45) is 0 Å². The van der Waals surface area contributed by atoms with Gasteiger partial charge in [0.1, 0.15) is 11.6 Å². The fraction of sp³-hybridized carbons (Fsp3) is 0.294. The Morgan fingerprint density at radius 1 is 1.20 bits per heavy atom. The molecule has 0 saturated heterocycles. The van der Waals surface area contributed by atoms with Gasteiger partial charge in [0.2, 0.25) is 0 Å². The monoisotopic (exact) mass is 271 g/mol. The van der Waals surface area contributed by atoms with Gasteiger partial charge in [0.15, 0.2) is 0 Å². The van der Waals surface area contributed by atoms with Gasteiger partial charge in [-0.1, -0.05) is 24.3 Å². The van der Waals surface area contributed by atoms with E-state index in [1.165, 1.54) is 17.7 Å². The Bertz CT molecular complexity index is 609. The maximum Gasteiger partial charge on any atom is 0.123 e. The van der Waals surface area contributed by atoms with E-state index in [0.29, 0.717) is 5.75 Å². The summed E-state index contributed by atoms with van der Waals surface area (Å²) in [5, 5.41) is 13.4. The van der Waals surface area contributed by atoms with E-state index in [9.17, 15) is 9.50 Å². The van der Waals surface area contributed by atoms with Crippen molar-refractivity contribution >= 4 is 0 Å². The van der Waals surface area contributed by atoms with E-state index in [4.69, 9.17) is 0 Å². The fourth-order valence-corrected chi connectivity index (χ4v) is 2.96.